The molecule has 0 saturated heterocycles. The topological polar surface area (TPSA) is 87.9 Å². The summed E-state index contributed by atoms with van der Waals surface area (Å²) >= 11 is 0. The first-order valence-corrected chi connectivity index (χ1v) is 9.90. The normalized spacial score (nSPS) is 19.9. The lowest BCUT2D eigenvalue weighted by Crippen LogP contribution is -2.24. The Balaban J connectivity index is 1.60. The highest BCUT2D eigenvalue weighted by atomic mass is 19.1. The van der Waals surface area contributed by atoms with Gasteiger partial charge in [0.05, 0.1) is 41.6 Å². The van der Waals surface area contributed by atoms with Gasteiger partial charge in [-0.3, -0.25) is 0 Å². The van der Waals surface area contributed by atoms with Crippen LogP contribution in [0.15, 0.2) is 59.5 Å². The molecule has 6 nitrogen and oxygen atoms in total. The maximum atomic E-state index is 14.8. The Kier molecular flexibility index (Phi) is 4.27. The van der Waals surface area contributed by atoms with E-state index in [9.17, 15) is 9.50 Å². The average Bonchev–Trinajstić information content (AvgIpc) is 3.45. The summed E-state index contributed by atoms with van der Waals surface area (Å²) in [4.78, 5) is 4.21. The first-order chi connectivity index (χ1) is 14.9. The summed E-state index contributed by atoms with van der Waals surface area (Å²) < 4.78 is 21.9. The molecule has 31 heavy (non-hydrogen) atoms. The van der Waals surface area contributed by atoms with Gasteiger partial charge in [0.1, 0.15) is 17.2 Å². The number of rotatable bonds is 3. The number of aryl methyl sites for hydroxylation is 2. The standard InChI is InChI=1S/C24H19FN4O2/c1-14-23(15(2)31-28-14)17-4-3-5-18(9-17)24(30)10-21(29-13-27-12-22(24)29)19-7-6-16(11-26)8-20(19)25/h3-9,12-13,21,30H,10H2,1-2H3/t21-,24+/m1/s1. The smallest absolute Gasteiger partial charge is 0.141 e. The maximum absolute atomic E-state index is 14.8. The van der Waals surface area contributed by atoms with Gasteiger partial charge < -0.3 is 14.2 Å². The van der Waals surface area contributed by atoms with E-state index in [1.165, 1.54) is 6.07 Å². The molecule has 2 aromatic carbocycles. The Hall–Kier alpha value is -3.76. The molecule has 3 heterocycles. The molecule has 154 valence electrons. The number of nitrogens with zero attached hydrogens (tertiary/aromatic N) is 4. The zero-order valence-corrected chi connectivity index (χ0v) is 17.0. The number of aromatic nitrogens is 3. The van der Waals surface area contributed by atoms with E-state index in [2.05, 4.69) is 10.1 Å². The zero-order valence-electron chi connectivity index (χ0n) is 17.0. The molecule has 4 aromatic rings. The molecule has 2 atom stereocenters. The molecular weight excluding hydrogens is 395 g/mol. The molecule has 0 saturated carbocycles. The summed E-state index contributed by atoms with van der Waals surface area (Å²) in [6, 6.07) is 13.5. The molecule has 2 aromatic heterocycles. The van der Waals surface area contributed by atoms with E-state index in [-0.39, 0.29) is 12.0 Å². The van der Waals surface area contributed by atoms with Gasteiger partial charge in [-0.1, -0.05) is 29.4 Å². The minimum Gasteiger partial charge on any atom is -0.379 e. The van der Waals surface area contributed by atoms with E-state index >= 15 is 0 Å². The molecule has 0 amide bonds. The van der Waals surface area contributed by atoms with Crippen LogP contribution in [0.1, 0.15) is 46.3 Å². The fourth-order valence-corrected chi connectivity index (χ4v) is 4.58. The number of halogens is 1. The van der Waals surface area contributed by atoms with Crippen LogP contribution in [-0.2, 0) is 5.60 Å². The SMILES string of the molecule is Cc1noc(C)c1-c1cccc([C@@]2(O)C[C@H](c3ccc(C#N)cc3F)n3cncc32)c1. The minimum absolute atomic E-state index is 0.249. The quantitative estimate of drug-likeness (QED) is 0.537. The molecular formula is C24H19FN4O2. The van der Waals surface area contributed by atoms with Gasteiger partial charge in [-0.25, -0.2) is 9.37 Å². The van der Waals surface area contributed by atoms with E-state index in [1.807, 2.05) is 44.2 Å². The maximum Gasteiger partial charge on any atom is 0.141 e. The molecule has 1 aliphatic heterocycles. The Bertz CT molecular complexity index is 1330. The van der Waals surface area contributed by atoms with Crippen molar-refractivity contribution < 1.29 is 14.0 Å². The highest BCUT2D eigenvalue weighted by molar-refractivity contribution is 5.68. The fraction of sp³-hybridized carbons (Fsp3) is 0.208. The molecule has 0 unspecified atom stereocenters. The third-order valence-corrected chi connectivity index (χ3v) is 6.07. The third kappa shape index (κ3) is 2.87. The molecule has 0 radical (unpaired) electrons. The van der Waals surface area contributed by atoms with Crippen LogP contribution in [0.3, 0.4) is 0 Å². The van der Waals surface area contributed by atoms with Crippen molar-refractivity contribution in [1.29, 1.82) is 5.26 Å². The van der Waals surface area contributed by atoms with Crippen molar-refractivity contribution in [2.24, 2.45) is 0 Å². The average molecular weight is 414 g/mol. The highest BCUT2D eigenvalue weighted by Crippen LogP contribution is 2.47. The number of hydrogen-bond acceptors (Lipinski definition) is 5. The molecule has 0 spiro atoms. The summed E-state index contributed by atoms with van der Waals surface area (Å²) in [5.74, 6) is 0.230. The minimum atomic E-state index is -1.35. The van der Waals surface area contributed by atoms with Gasteiger partial charge in [0.25, 0.3) is 0 Å². The first kappa shape index (κ1) is 19.2. The lowest BCUT2D eigenvalue weighted by Gasteiger charge is -2.24. The lowest BCUT2D eigenvalue weighted by molar-refractivity contribution is 0.0793. The predicted molar refractivity (Wildman–Crippen MR) is 111 cm³/mol. The largest absolute Gasteiger partial charge is 0.379 e. The molecule has 0 aliphatic carbocycles. The summed E-state index contributed by atoms with van der Waals surface area (Å²) in [6.07, 6.45) is 3.47. The highest BCUT2D eigenvalue weighted by Gasteiger charge is 2.45. The van der Waals surface area contributed by atoms with Crippen LogP contribution in [0.25, 0.3) is 11.1 Å². The van der Waals surface area contributed by atoms with Crippen molar-refractivity contribution in [3.63, 3.8) is 0 Å². The summed E-state index contributed by atoms with van der Waals surface area (Å²) in [6.45, 7) is 3.73. The van der Waals surface area contributed by atoms with Gasteiger partial charge >= 0.3 is 0 Å². The van der Waals surface area contributed by atoms with E-state index < -0.39 is 17.5 Å². The van der Waals surface area contributed by atoms with Crippen LogP contribution in [-0.4, -0.2) is 19.8 Å². The monoisotopic (exact) mass is 414 g/mol. The Morgan fingerprint density at radius 1 is 1.26 bits per heavy atom. The number of benzene rings is 2. The van der Waals surface area contributed by atoms with Gasteiger partial charge in [-0.15, -0.1) is 0 Å². The Labute approximate surface area is 178 Å². The third-order valence-electron chi connectivity index (χ3n) is 6.07. The molecule has 0 fully saturated rings. The lowest BCUT2D eigenvalue weighted by atomic mass is 9.85. The zero-order chi connectivity index (χ0) is 21.8. The number of nitriles is 1. The van der Waals surface area contributed by atoms with Crippen molar-refractivity contribution in [3.05, 3.63) is 94.6 Å². The van der Waals surface area contributed by atoms with E-state index in [0.717, 1.165) is 16.8 Å². The molecule has 1 aliphatic rings. The Morgan fingerprint density at radius 2 is 2.10 bits per heavy atom. The van der Waals surface area contributed by atoms with Gasteiger partial charge in [0.15, 0.2) is 0 Å². The second-order valence-corrected chi connectivity index (χ2v) is 7.89. The number of aliphatic hydroxyl groups is 1. The summed E-state index contributed by atoms with van der Waals surface area (Å²) in [5.41, 5.74) is 3.16. The van der Waals surface area contributed by atoms with Crippen LogP contribution < -0.4 is 0 Å². The Morgan fingerprint density at radius 3 is 2.81 bits per heavy atom. The van der Waals surface area contributed by atoms with Crippen LogP contribution in [0.5, 0.6) is 0 Å². The molecule has 0 bridgehead atoms. The second kappa shape index (κ2) is 6.89. The van der Waals surface area contributed by atoms with Crippen molar-refractivity contribution in [1.82, 2.24) is 14.7 Å². The van der Waals surface area contributed by atoms with Gasteiger partial charge in [0, 0.05) is 17.5 Å². The van der Waals surface area contributed by atoms with Crippen LogP contribution in [0.2, 0.25) is 0 Å². The van der Waals surface area contributed by atoms with Crippen LogP contribution >= 0.6 is 0 Å². The van der Waals surface area contributed by atoms with Crippen molar-refractivity contribution >= 4 is 0 Å². The molecule has 7 heteroatoms. The second-order valence-electron chi connectivity index (χ2n) is 7.89. The predicted octanol–water partition coefficient (Wildman–Crippen LogP) is 4.39. The van der Waals surface area contributed by atoms with Gasteiger partial charge in [-0.05, 0) is 43.2 Å². The van der Waals surface area contributed by atoms with E-state index in [1.54, 1.807) is 29.2 Å². The van der Waals surface area contributed by atoms with Gasteiger partial charge in [0.2, 0.25) is 0 Å². The van der Waals surface area contributed by atoms with Crippen molar-refractivity contribution in [3.8, 4) is 17.2 Å². The molecule has 5 rings (SSSR count). The first-order valence-electron chi connectivity index (χ1n) is 9.90. The fourth-order valence-electron chi connectivity index (χ4n) is 4.58. The summed E-state index contributed by atoms with van der Waals surface area (Å²) in [5, 5.41) is 24.9. The number of hydrogen-bond donors (Lipinski definition) is 1. The molecule has 1 N–H and O–H groups in total. The van der Waals surface area contributed by atoms with E-state index in [4.69, 9.17) is 9.78 Å². The summed E-state index contributed by atoms with van der Waals surface area (Å²) in [7, 11) is 0. The van der Waals surface area contributed by atoms with Crippen LogP contribution in [0.4, 0.5) is 4.39 Å². The van der Waals surface area contributed by atoms with Gasteiger partial charge in [-0.2, -0.15) is 5.26 Å². The van der Waals surface area contributed by atoms with Crippen LogP contribution in [0, 0.1) is 31.0 Å². The van der Waals surface area contributed by atoms with Crippen molar-refractivity contribution in [2.45, 2.75) is 31.9 Å². The van der Waals surface area contributed by atoms with E-state index in [0.29, 0.717) is 22.6 Å². The van der Waals surface area contributed by atoms with Crippen molar-refractivity contribution in [2.75, 3.05) is 0 Å². The number of imidazole rings is 1. The number of fused-ring (bicyclic) bond motifs is 1.